The first-order valence-electron chi connectivity index (χ1n) is 10.0. The van der Waals surface area contributed by atoms with Gasteiger partial charge in [-0.15, -0.1) is 0 Å². The Balaban J connectivity index is 1.69. The fourth-order valence-electron chi connectivity index (χ4n) is 3.08. The van der Waals surface area contributed by atoms with Crippen LogP contribution in [0.4, 0.5) is 5.69 Å². The molecule has 6 heteroatoms. The molecule has 0 saturated heterocycles. The van der Waals surface area contributed by atoms with Crippen molar-refractivity contribution in [3.8, 4) is 11.5 Å². The summed E-state index contributed by atoms with van der Waals surface area (Å²) in [5.41, 5.74) is 1.79. The van der Waals surface area contributed by atoms with Crippen LogP contribution >= 0.6 is 0 Å². The Hall–Kier alpha value is -3.80. The molecular formula is C25H26N2O4. The molecule has 3 aromatic rings. The molecule has 0 aliphatic carbocycles. The van der Waals surface area contributed by atoms with Crippen LogP contribution in [0, 0.1) is 0 Å². The van der Waals surface area contributed by atoms with Gasteiger partial charge >= 0.3 is 0 Å². The van der Waals surface area contributed by atoms with Gasteiger partial charge in [0, 0.05) is 0 Å². The van der Waals surface area contributed by atoms with Gasteiger partial charge in [0.05, 0.1) is 24.4 Å². The first kappa shape index (κ1) is 21.9. The molecule has 2 N–H and O–H groups in total. The molecule has 0 radical (unpaired) electrons. The predicted molar refractivity (Wildman–Crippen MR) is 120 cm³/mol. The lowest BCUT2D eigenvalue weighted by atomic mass is 10.1. The van der Waals surface area contributed by atoms with Gasteiger partial charge in [0.15, 0.2) is 17.6 Å². The van der Waals surface area contributed by atoms with E-state index in [4.69, 9.17) is 9.47 Å². The van der Waals surface area contributed by atoms with Gasteiger partial charge in [-0.05, 0) is 43.7 Å². The summed E-state index contributed by atoms with van der Waals surface area (Å²) in [4.78, 5) is 25.6. The number of amides is 2. The van der Waals surface area contributed by atoms with Crippen LogP contribution in [0.5, 0.6) is 11.5 Å². The molecule has 0 fully saturated rings. The topological polar surface area (TPSA) is 76.7 Å². The molecule has 160 valence electrons. The van der Waals surface area contributed by atoms with Crippen molar-refractivity contribution in [2.45, 2.75) is 26.0 Å². The highest BCUT2D eigenvalue weighted by atomic mass is 16.5. The number of nitrogens with one attached hydrogen (secondary N) is 2. The summed E-state index contributed by atoms with van der Waals surface area (Å²) in [6, 6.07) is 23.5. The summed E-state index contributed by atoms with van der Waals surface area (Å²) < 4.78 is 11.0. The van der Waals surface area contributed by atoms with Crippen LogP contribution in [0.3, 0.4) is 0 Å². The molecule has 6 nitrogen and oxygen atoms in total. The van der Waals surface area contributed by atoms with Crippen molar-refractivity contribution >= 4 is 17.5 Å². The zero-order valence-corrected chi connectivity index (χ0v) is 17.8. The Labute approximate surface area is 182 Å². The number of methoxy groups -OCH3 is 1. The first-order valence-corrected chi connectivity index (χ1v) is 10.0. The maximum Gasteiger partial charge on any atom is 0.265 e. The smallest absolute Gasteiger partial charge is 0.265 e. The molecule has 0 aromatic heterocycles. The number of hydrogen-bond donors (Lipinski definition) is 2. The molecule has 0 saturated carbocycles. The van der Waals surface area contributed by atoms with Gasteiger partial charge in [0.25, 0.3) is 11.8 Å². The van der Waals surface area contributed by atoms with E-state index >= 15 is 0 Å². The highest BCUT2D eigenvalue weighted by Crippen LogP contribution is 2.27. The average Bonchev–Trinajstić information content (AvgIpc) is 2.80. The molecular weight excluding hydrogens is 392 g/mol. The van der Waals surface area contributed by atoms with E-state index in [2.05, 4.69) is 10.6 Å². The van der Waals surface area contributed by atoms with E-state index in [-0.39, 0.29) is 17.9 Å². The lowest BCUT2D eigenvalue weighted by molar-refractivity contribution is -0.122. The van der Waals surface area contributed by atoms with Crippen LogP contribution in [-0.2, 0) is 4.79 Å². The van der Waals surface area contributed by atoms with Crippen molar-refractivity contribution in [1.82, 2.24) is 5.32 Å². The number of anilines is 1. The van der Waals surface area contributed by atoms with Crippen LogP contribution in [0.25, 0.3) is 0 Å². The minimum absolute atomic E-state index is 0.176. The zero-order valence-electron chi connectivity index (χ0n) is 17.8. The van der Waals surface area contributed by atoms with E-state index in [0.717, 1.165) is 5.56 Å². The molecule has 0 bridgehead atoms. The summed E-state index contributed by atoms with van der Waals surface area (Å²) in [5, 5.41) is 5.77. The molecule has 0 spiro atoms. The van der Waals surface area contributed by atoms with Gasteiger partial charge in [-0.2, -0.15) is 0 Å². The average molecular weight is 418 g/mol. The molecule has 3 rings (SSSR count). The van der Waals surface area contributed by atoms with Crippen LogP contribution in [0.2, 0.25) is 0 Å². The van der Waals surface area contributed by atoms with Crippen molar-refractivity contribution < 1.29 is 19.1 Å². The molecule has 31 heavy (non-hydrogen) atoms. The lowest BCUT2D eigenvalue weighted by Crippen LogP contribution is -2.32. The fourth-order valence-corrected chi connectivity index (χ4v) is 3.08. The Morgan fingerprint density at radius 2 is 1.42 bits per heavy atom. The Kier molecular flexibility index (Phi) is 7.27. The second-order valence-corrected chi connectivity index (χ2v) is 7.05. The molecule has 0 heterocycles. The van der Waals surface area contributed by atoms with Gasteiger partial charge in [0.1, 0.15) is 0 Å². The van der Waals surface area contributed by atoms with Crippen LogP contribution in [0.1, 0.15) is 35.8 Å². The Morgan fingerprint density at radius 3 is 2.13 bits per heavy atom. The SMILES string of the molecule is COc1ccccc1O[C@H](C)C(=O)Nc1ccccc1C(=O)N[C@H](C)c1ccccc1. The van der Waals surface area contributed by atoms with Gasteiger partial charge in [0.2, 0.25) is 0 Å². The number of benzene rings is 3. The number of para-hydroxylation sites is 3. The van der Waals surface area contributed by atoms with Crippen molar-refractivity contribution in [1.29, 1.82) is 0 Å². The van der Waals surface area contributed by atoms with E-state index in [1.807, 2.05) is 43.3 Å². The molecule has 2 amide bonds. The van der Waals surface area contributed by atoms with Gasteiger partial charge < -0.3 is 20.1 Å². The quantitative estimate of drug-likeness (QED) is 0.561. The molecule has 0 aliphatic rings. The van der Waals surface area contributed by atoms with Gasteiger partial charge in [-0.1, -0.05) is 54.6 Å². The van der Waals surface area contributed by atoms with E-state index < -0.39 is 6.10 Å². The maximum absolute atomic E-state index is 12.9. The Bertz CT molecular complexity index is 1040. The van der Waals surface area contributed by atoms with Crippen LogP contribution < -0.4 is 20.1 Å². The van der Waals surface area contributed by atoms with Crippen molar-refractivity contribution in [2.75, 3.05) is 12.4 Å². The summed E-state index contributed by atoms with van der Waals surface area (Å²) in [6.07, 6.45) is -0.796. The second-order valence-electron chi connectivity index (χ2n) is 7.05. The second kappa shape index (κ2) is 10.3. The third kappa shape index (κ3) is 5.63. The van der Waals surface area contributed by atoms with Crippen LogP contribution in [-0.4, -0.2) is 25.0 Å². The Morgan fingerprint density at radius 1 is 0.806 bits per heavy atom. The molecule has 2 atom stereocenters. The van der Waals surface area contributed by atoms with E-state index in [1.54, 1.807) is 49.4 Å². The zero-order chi connectivity index (χ0) is 22.2. The van der Waals surface area contributed by atoms with Crippen molar-refractivity contribution in [3.05, 3.63) is 90.0 Å². The lowest BCUT2D eigenvalue weighted by Gasteiger charge is -2.19. The van der Waals surface area contributed by atoms with E-state index in [1.165, 1.54) is 7.11 Å². The molecule has 0 unspecified atom stereocenters. The maximum atomic E-state index is 12.9. The number of rotatable bonds is 8. The summed E-state index contributed by atoms with van der Waals surface area (Å²) in [5.74, 6) is 0.361. The van der Waals surface area contributed by atoms with Crippen LogP contribution in [0.15, 0.2) is 78.9 Å². The molecule has 3 aromatic carbocycles. The van der Waals surface area contributed by atoms with Gasteiger partial charge in [-0.3, -0.25) is 9.59 Å². The van der Waals surface area contributed by atoms with E-state index in [9.17, 15) is 9.59 Å². The summed E-state index contributed by atoms with van der Waals surface area (Å²) >= 11 is 0. The third-order valence-electron chi connectivity index (χ3n) is 4.82. The van der Waals surface area contributed by atoms with Crippen molar-refractivity contribution in [2.24, 2.45) is 0 Å². The first-order chi connectivity index (χ1) is 15.0. The third-order valence-corrected chi connectivity index (χ3v) is 4.82. The highest BCUT2D eigenvalue weighted by molar-refractivity contribution is 6.04. The largest absolute Gasteiger partial charge is 0.493 e. The number of carbonyl (C=O) groups excluding carboxylic acids is 2. The number of carbonyl (C=O) groups is 2. The van der Waals surface area contributed by atoms with Crippen molar-refractivity contribution in [3.63, 3.8) is 0 Å². The number of ether oxygens (including phenoxy) is 2. The predicted octanol–water partition coefficient (Wildman–Crippen LogP) is 4.59. The summed E-state index contributed by atoms with van der Waals surface area (Å²) in [6.45, 7) is 3.56. The highest BCUT2D eigenvalue weighted by Gasteiger charge is 2.20. The minimum Gasteiger partial charge on any atom is -0.493 e. The normalized spacial score (nSPS) is 12.4. The van der Waals surface area contributed by atoms with E-state index in [0.29, 0.717) is 22.7 Å². The molecule has 0 aliphatic heterocycles. The minimum atomic E-state index is -0.796. The fraction of sp³-hybridized carbons (Fsp3) is 0.200. The monoisotopic (exact) mass is 418 g/mol. The van der Waals surface area contributed by atoms with Gasteiger partial charge in [-0.25, -0.2) is 0 Å². The number of hydrogen-bond acceptors (Lipinski definition) is 4. The standard InChI is InChI=1S/C25H26N2O4/c1-17(19-11-5-4-6-12-19)26-25(29)20-13-7-8-14-21(20)27-24(28)18(2)31-23-16-10-9-15-22(23)30-3/h4-18H,1-3H3,(H,26,29)(H,27,28)/t17-,18-/m1/s1. The summed E-state index contributed by atoms with van der Waals surface area (Å²) in [7, 11) is 1.54.